The lowest BCUT2D eigenvalue weighted by atomic mass is 9.90. The summed E-state index contributed by atoms with van der Waals surface area (Å²) in [6.45, 7) is 0. The first-order chi connectivity index (χ1) is 33.8. The van der Waals surface area contributed by atoms with E-state index in [0.29, 0.717) is 5.69 Å². The highest BCUT2D eigenvalue weighted by Gasteiger charge is 2.41. The number of aromatic hydroxyl groups is 5. The second kappa shape index (κ2) is 15.4. The predicted molar refractivity (Wildman–Crippen MR) is 277 cm³/mol. The topological polar surface area (TPSA) is 117 Å². The van der Waals surface area contributed by atoms with Crippen LogP contribution in [0.15, 0.2) is 212 Å². The molecule has 0 saturated carbocycles. The Bertz CT molecular complexity index is 3900. The number of benzene rings is 9. The van der Waals surface area contributed by atoms with Gasteiger partial charge in [-0.15, -0.1) is 0 Å². The zero-order valence-corrected chi connectivity index (χ0v) is 36.9. The minimum atomic E-state index is -0.993. The van der Waals surface area contributed by atoms with Crippen molar-refractivity contribution in [3.63, 3.8) is 0 Å². The van der Waals surface area contributed by atoms with Gasteiger partial charge < -0.3 is 44.5 Å². The standard InChI is InChI=1S/C60H42N4O5/c65-56-55(57(66)59(68)60(69)58(56)67)64-51-22-12-7-17-43(51)46-30-23-37(34-54(46)64)36-24-31-52-47(33-36)44-18-8-10-20-49(44)63(52)41-27-25-40(26-28-41)61(38-13-3-1-4-14-38)42-29-32-53-48(35-42)45-19-9-11-21-50(45)62(53)39-15-5-2-6-16-39/h1-35,43,51,65-69H. The number of rotatable bonds is 7. The SMILES string of the molecule is Oc1c(O)c(O)c(N2c3cc(-c4ccc5c(c4)c4ccccc4n5-c4ccc(N(c5ccccc5)c5ccc6c(c5)c5ccccc5n6-c5ccccc5)cc4)ccc3C3C=CC=CC32)c(O)c1O. The molecule has 0 fully saturated rings. The first-order valence-electron chi connectivity index (χ1n) is 22.9. The Hall–Kier alpha value is -9.34. The quantitative estimate of drug-likeness (QED) is 0.0799. The molecule has 5 N–H and O–H groups in total. The molecule has 2 atom stereocenters. The van der Waals surface area contributed by atoms with Crippen molar-refractivity contribution in [2.45, 2.75) is 12.0 Å². The zero-order chi connectivity index (χ0) is 46.5. The van der Waals surface area contributed by atoms with Crippen LogP contribution in [0.2, 0.25) is 0 Å². The first-order valence-corrected chi connectivity index (χ1v) is 22.9. The number of aromatic nitrogens is 2. The van der Waals surface area contributed by atoms with Crippen molar-refractivity contribution >= 4 is 72.0 Å². The van der Waals surface area contributed by atoms with Crippen LogP contribution in [0.5, 0.6) is 28.7 Å². The molecular formula is C60H42N4O5. The van der Waals surface area contributed by atoms with Gasteiger partial charge >= 0.3 is 0 Å². The van der Waals surface area contributed by atoms with Crippen molar-refractivity contribution in [1.29, 1.82) is 0 Å². The summed E-state index contributed by atoms with van der Waals surface area (Å²) in [5.41, 5.74) is 13.0. The summed E-state index contributed by atoms with van der Waals surface area (Å²) >= 11 is 0. The number of para-hydroxylation sites is 4. The smallest absolute Gasteiger partial charge is 0.208 e. The molecule has 0 amide bonds. The monoisotopic (exact) mass is 898 g/mol. The van der Waals surface area contributed by atoms with E-state index in [0.717, 1.165) is 78.0 Å². The second-order valence-corrected chi connectivity index (χ2v) is 17.7. The first kappa shape index (κ1) is 40.0. The molecule has 9 nitrogen and oxygen atoms in total. The van der Waals surface area contributed by atoms with E-state index in [4.69, 9.17) is 0 Å². The third-order valence-electron chi connectivity index (χ3n) is 14.0. The van der Waals surface area contributed by atoms with Crippen molar-refractivity contribution in [3.8, 4) is 51.2 Å². The fraction of sp³-hybridized carbons (Fsp3) is 0.0333. The summed E-state index contributed by atoms with van der Waals surface area (Å²) in [5.74, 6) is -4.43. The highest BCUT2D eigenvalue weighted by Crippen LogP contribution is 2.60. The van der Waals surface area contributed by atoms with Crippen molar-refractivity contribution in [3.05, 3.63) is 218 Å². The molecule has 2 aromatic heterocycles. The van der Waals surface area contributed by atoms with Gasteiger partial charge in [-0.05, 0) is 114 Å². The summed E-state index contributed by atoms with van der Waals surface area (Å²) < 4.78 is 4.64. The summed E-state index contributed by atoms with van der Waals surface area (Å²) in [7, 11) is 0. The number of hydrogen-bond acceptors (Lipinski definition) is 7. The van der Waals surface area contributed by atoms with Crippen LogP contribution in [0.4, 0.5) is 28.4 Å². The second-order valence-electron chi connectivity index (χ2n) is 17.7. The van der Waals surface area contributed by atoms with Gasteiger partial charge in [0.25, 0.3) is 0 Å². The third-order valence-corrected chi connectivity index (χ3v) is 14.0. The van der Waals surface area contributed by atoms with Gasteiger partial charge in [0, 0.05) is 61.6 Å². The number of hydrogen-bond donors (Lipinski definition) is 5. The van der Waals surface area contributed by atoms with Gasteiger partial charge in [-0.3, -0.25) is 0 Å². The maximum absolute atomic E-state index is 11.1. The maximum atomic E-state index is 11.1. The summed E-state index contributed by atoms with van der Waals surface area (Å²) in [6.07, 6.45) is 7.84. The summed E-state index contributed by atoms with van der Waals surface area (Å²) in [6, 6.07) is 65.7. The minimum absolute atomic E-state index is 0.139. The molecule has 13 rings (SSSR count). The van der Waals surface area contributed by atoms with Crippen LogP contribution in [0.25, 0.3) is 66.1 Å². The molecule has 2 aliphatic rings. The Labute approximate surface area is 396 Å². The van der Waals surface area contributed by atoms with E-state index in [9.17, 15) is 25.5 Å². The van der Waals surface area contributed by atoms with Gasteiger partial charge in [0.2, 0.25) is 17.2 Å². The average Bonchev–Trinajstić information content (AvgIpc) is 4.03. The number of phenolic OH excluding ortho intramolecular Hbond substituents is 5. The lowest BCUT2D eigenvalue weighted by molar-refractivity contribution is 0.329. The van der Waals surface area contributed by atoms with Crippen LogP contribution in [-0.2, 0) is 0 Å². The number of nitrogens with zero attached hydrogens (tertiary/aromatic N) is 4. The molecule has 0 spiro atoms. The Morgan fingerprint density at radius 2 is 0.870 bits per heavy atom. The molecule has 332 valence electrons. The normalized spacial score (nSPS) is 15.1. The fourth-order valence-corrected chi connectivity index (χ4v) is 10.8. The molecule has 1 aliphatic heterocycles. The van der Waals surface area contributed by atoms with Crippen LogP contribution in [0.3, 0.4) is 0 Å². The highest BCUT2D eigenvalue weighted by atomic mass is 16.4. The van der Waals surface area contributed by atoms with E-state index in [1.54, 1.807) is 4.90 Å². The van der Waals surface area contributed by atoms with E-state index in [-0.39, 0.29) is 17.6 Å². The van der Waals surface area contributed by atoms with Crippen LogP contribution >= 0.6 is 0 Å². The van der Waals surface area contributed by atoms with Gasteiger partial charge in [0.1, 0.15) is 5.69 Å². The largest absolute Gasteiger partial charge is 0.503 e. The molecule has 9 aromatic carbocycles. The maximum Gasteiger partial charge on any atom is 0.208 e. The van der Waals surface area contributed by atoms with Crippen LogP contribution in [0, 0.1) is 0 Å². The van der Waals surface area contributed by atoms with Gasteiger partial charge in [-0.25, -0.2) is 0 Å². The van der Waals surface area contributed by atoms with Crippen molar-refractivity contribution in [2.75, 3.05) is 9.80 Å². The van der Waals surface area contributed by atoms with E-state index in [1.165, 1.54) is 10.8 Å². The van der Waals surface area contributed by atoms with Gasteiger partial charge in [0.05, 0.1) is 28.1 Å². The van der Waals surface area contributed by atoms with Crippen LogP contribution < -0.4 is 9.80 Å². The van der Waals surface area contributed by atoms with E-state index in [2.05, 4.69) is 190 Å². The van der Waals surface area contributed by atoms with E-state index < -0.39 is 28.7 Å². The minimum Gasteiger partial charge on any atom is -0.503 e. The van der Waals surface area contributed by atoms with Crippen LogP contribution in [0.1, 0.15) is 11.5 Å². The summed E-state index contributed by atoms with van der Waals surface area (Å²) in [4.78, 5) is 4.02. The predicted octanol–water partition coefficient (Wildman–Crippen LogP) is 14.3. The molecule has 11 aromatic rings. The number of allylic oxidation sites excluding steroid dienone is 2. The molecule has 0 radical (unpaired) electrons. The Morgan fingerprint density at radius 3 is 1.55 bits per heavy atom. The summed E-state index contributed by atoms with van der Waals surface area (Å²) in [5, 5.41) is 58.2. The molecule has 9 heteroatoms. The Morgan fingerprint density at radius 1 is 0.377 bits per heavy atom. The lowest BCUT2D eigenvalue weighted by Gasteiger charge is -2.30. The molecule has 2 unspecified atom stereocenters. The number of phenols is 5. The Kier molecular flexibility index (Phi) is 8.90. The van der Waals surface area contributed by atoms with E-state index >= 15 is 0 Å². The molecule has 0 bridgehead atoms. The van der Waals surface area contributed by atoms with Gasteiger partial charge in [0.15, 0.2) is 11.5 Å². The third kappa shape index (κ3) is 6.03. The molecular weight excluding hydrogens is 857 g/mol. The van der Waals surface area contributed by atoms with Crippen LogP contribution in [-0.4, -0.2) is 40.7 Å². The lowest BCUT2D eigenvalue weighted by Crippen LogP contribution is -2.28. The van der Waals surface area contributed by atoms with Gasteiger partial charge in [-0.1, -0.05) is 115 Å². The van der Waals surface area contributed by atoms with E-state index in [1.807, 2.05) is 36.4 Å². The molecule has 1 aliphatic carbocycles. The number of fused-ring (bicyclic) bond motifs is 9. The average molecular weight is 899 g/mol. The van der Waals surface area contributed by atoms with Crippen molar-refractivity contribution in [2.24, 2.45) is 0 Å². The van der Waals surface area contributed by atoms with Gasteiger partial charge in [-0.2, -0.15) is 0 Å². The Balaban J connectivity index is 0.903. The molecule has 69 heavy (non-hydrogen) atoms. The molecule has 3 heterocycles. The highest BCUT2D eigenvalue weighted by molar-refractivity contribution is 6.12. The van der Waals surface area contributed by atoms with Crippen molar-refractivity contribution in [1.82, 2.24) is 9.13 Å². The number of anilines is 5. The zero-order valence-electron chi connectivity index (χ0n) is 36.9. The molecule has 0 saturated heterocycles. The fourth-order valence-electron chi connectivity index (χ4n) is 10.8. The van der Waals surface area contributed by atoms with Crippen molar-refractivity contribution < 1.29 is 25.5 Å².